The standard InChI is InChI=1S/C29H28O5S/c1-2-18-30-26-25-24(20-32-28(34-25)22-14-8-4-9-15-22)33-29(35-23-16-10-5-11-17-23)27(26)31-19-21-12-6-3-7-13-21/h1,3-17,24-29H,18-20H2/t24-,25-,26+,27+,28-,29-/m1/s1. The molecule has 180 valence electrons. The van der Waals surface area contributed by atoms with E-state index in [1.165, 1.54) is 0 Å². The van der Waals surface area contributed by atoms with Gasteiger partial charge in [-0.05, 0) is 17.7 Å². The minimum atomic E-state index is -0.508. The fourth-order valence-corrected chi connectivity index (χ4v) is 5.48. The van der Waals surface area contributed by atoms with E-state index in [9.17, 15) is 0 Å². The Morgan fingerprint density at radius 1 is 0.829 bits per heavy atom. The van der Waals surface area contributed by atoms with Gasteiger partial charge in [0.05, 0.1) is 13.2 Å². The molecule has 3 aromatic rings. The third-order valence-electron chi connectivity index (χ3n) is 6.00. The first-order valence-corrected chi connectivity index (χ1v) is 12.6. The third-order valence-corrected chi connectivity index (χ3v) is 7.15. The van der Waals surface area contributed by atoms with Crippen LogP contribution in [0, 0.1) is 12.3 Å². The predicted octanol–water partition coefficient (Wildman–Crippen LogP) is 5.22. The van der Waals surface area contributed by atoms with Crippen LogP contribution in [0.25, 0.3) is 0 Å². The highest BCUT2D eigenvalue weighted by molar-refractivity contribution is 7.99. The Morgan fingerprint density at radius 2 is 1.51 bits per heavy atom. The van der Waals surface area contributed by atoms with E-state index >= 15 is 0 Å². The van der Waals surface area contributed by atoms with Crippen LogP contribution in [0.3, 0.4) is 0 Å². The summed E-state index contributed by atoms with van der Waals surface area (Å²) in [5.74, 6) is 2.60. The summed E-state index contributed by atoms with van der Waals surface area (Å²) in [6.45, 7) is 0.964. The van der Waals surface area contributed by atoms with Crippen molar-refractivity contribution in [1.82, 2.24) is 0 Å². The van der Waals surface area contributed by atoms with Gasteiger partial charge >= 0.3 is 0 Å². The zero-order valence-corrected chi connectivity index (χ0v) is 20.1. The zero-order valence-electron chi connectivity index (χ0n) is 19.3. The second-order valence-electron chi connectivity index (χ2n) is 8.39. The number of fused-ring (bicyclic) bond motifs is 1. The summed E-state index contributed by atoms with van der Waals surface area (Å²) in [6, 6.07) is 30.1. The molecule has 5 nitrogen and oxygen atoms in total. The number of thioether (sulfide) groups is 1. The molecule has 0 saturated carbocycles. The van der Waals surface area contributed by atoms with Gasteiger partial charge in [0.25, 0.3) is 0 Å². The molecule has 35 heavy (non-hydrogen) atoms. The lowest BCUT2D eigenvalue weighted by Gasteiger charge is -2.49. The second kappa shape index (κ2) is 11.9. The molecule has 2 saturated heterocycles. The first-order valence-electron chi connectivity index (χ1n) is 11.7. The molecule has 2 heterocycles. The van der Waals surface area contributed by atoms with Crippen molar-refractivity contribution in [2.24, 2.45) is 0 Å². The van der Waals surface area contributed by atoms with Crippen LogP contribution in [0.2, 0.25) is 0 Å². The van der Waals surface area contributed by atoms with Gasteiger partial charge in [0.1, 0.15) is 36.5 Å². The number of ether oxygens (including phenoxy) is 5. The van der Waals surface area contributed by atoms with Crippen molar-refractivity contribution in [3.05, 3.63) is 102 Å². The van der Waals surface area contributed by atoms with E-state index in [1.54, 1.807) is 11.8 Å². The summed E-state index contributed by atoms with van der Waals surface area (Å²) >= 11 is 1.61. The Bertz CT molecular complexity index is 1090. The molecule has 0 bridgehead atoms. The van der Waals surface area contributed by atoms with E-state index in [2.05, 4.69) is 18.1 Å². The Labute approximate surface area is 210 Å². The summed E-state index contributed by atoms with van der Waals surface area (Å²) in [5.41, 5.74) is 1.69. The van der Waals surface area contributed by atoms with Crippen molar-refractivity contribution in [3.8, 4) is 12.3 Å². The van der Waals surface area contributed by atoms with Crippen LogP contribution in [0.4, 0.5) is 0 Å². The number of hydrogen-bond acceptors (Lipinski definition) is 6. The van der Waals surface area contributed by atoms with E-state index in [4.69, 9.17) is 30.1 Å². The first-order chi connectivity index (χ1) is 17.3. The maximum Gasteiger partial charge on any atom is 0.184 e. The van der Waals surface area contributed by atoms with Crippen molar-refractivity contribution in [3.63, 3.8) is 0 Å². The second-order valence-corrected chi connectivity index (χ2v) is 9.56. The summed E-state index contributed by atoms with van der Waals surface area (Å²) in [6.07, 6.45) is 3.53. The van der Waals surface area contributed by atoms with Crippen LogP contribution < -0.4 is 0 Å². The van der Waals surface area contributed by atoms with E-state index in [-0.39, 0.29) is 18.1 Å². The van der Waals surface area contributed by atoms with Crippen molar-refractivity contribution in [2.45, 2.75) is 47.6 Å². The van der Waals surface area contributed by atoms with Gasteiger partial charge < -0.3 is 23.7 Å². The van der Waals surface area contributed by atoms with Gasteiger partial charge in [-0.3, -0.25) is 0 Å². The zero-order chi connectivity index (χ0) is 23.9. The van der Waals surface area contributed by atoms with Crippen molar-refractivity contribution in [2.75, 3.05) is 13.2 Å². The molecule has 0 amide bonds. The summed E-state index contributed by atoms with van der Waals surface area (Å²) in [5, 5.41) is 0. The molecule has 0 spiro atoms. The van der Waals surface area contributed by atoms with Crippen LogP contribution >= 0.6 is 11.8 Å². The van der Waals surface area contributed by atoms with Crippen LogP contribution in [0.1, 0.15) is 17.4 Å². The maximum absolute atomic E-state index is 6.55. The molecule has 2 fully saturated rings. The van der Waals surface area contributed by atoms with Crippen molar-refractivity contribution in [1.29, 1.82) is 0 Å². The van der Waals surface area contributed by atoms with Crippen LogP contribution in [0.15, 0.2) is 95.9 Å². The van der Waals surface area contributed by atoms with Gasteiger partial charge in [0.2, 0.25) is 0 Å². The molecule has 0 radical (unpaired) electrons. The molecule has 5 rings (SSSR count). The Kier molecular flexibility index (Phi) is 8.17. The van der Waals surface area contributed by atoms with Gasteiger partial charge in [0.15, 0.2) is 6.29 Å². The van der Waals surface area contributed by atoms with Gasteiger partial charge in [-0.25, -0.2) is 0 Å². The minimum Gasteiger partial charge on any atom is -0.367 e. The summed E-state index contributed by atoms with van der Waals surface area (Å²) < 4.78 is 31.8. The maximum atomic E-state index is 6.55. The Hall–Kier alpha value is -2.63. The van der Waals surface area contributed by atoms with Crippen molar-refractivity contribution < 1.29 is 23.7 Å². The normalized spacial score (nSPS) is 28.1. The fraction of sp³-hybridized carbons (Fsp3) is 0.310. The first kappa shape index (κ1) is 24.1. The number of benzene rings is 3. The topological polar surface area (TPSA) is 46.2 Å². The highest BCUT2D eigenvalue weighted by Crippen LogP contribution is 2.41. The van der Waals surface area contributed by atoms with Crippen LogP contribution in [-0.4, -0.2) is 43.1 Å². The van der Waals surface area contributed by atoms with Gasteiger partial charge in [0, 0.05) is 10.5 Å². The number of terminal acetylenes is 1. The average Bonchev–Trinajstić information content (AvgIpc) is 2.92. The third kappa shape index (κ3) is 5.96. The molecule has 2 aliphatic heterocycles. The van der Waals surface area contributed by atoms with E-state index in [0.717, 1.165) is 16.0 Å². The molecule has 0 N–H and O–H groups in total. The molecule has 0 aromatic heterocycles. The Morgan fingerprint density at radius 3 is 2.23 bits per heavy atom. The smallest absolute Gasteiger partial charge is 0.184 e. The van der Waals surface area contributed by atoms with E-state index in [1.807, 2.05) is 78.9 Å². The average molecular weight is 489 g/mol. The van der Waals surface area contributed by atoms with Crippen molar-refractivity contribution >= 4 is 11.8 Å². The summed E-state index contributed by atoms with van der Waals surface area (Å²) in [4.78, 5) is 1.08. The minimum absolute atomic E-state index is 0.155. The monoisotopic (exact) mass is 488 g/mol. The molecule has 2 aliphatic rings. The predicted molar refractivity (Wildman–Crippen MR) is 135 cm³/mol. The van der Waals surface area contributed by atoms with Gasteiger partial charge in [-0.15, -0.1) is 6.42 Å². The summed E-state index contributed by atoms with van der Waals surface area (Å²) in [7, 11) is 0. The van der Waals surface area contributed by atoms with E-state index < -0.39 is 24.6 Å². The van der Waals surface area contributed by atoms with Crippen LogP contribution in [-0.2, 0) is 30.3 Å². The lowest BCUT2D eigenvalue weighted by Crippen LogP contribution is -2.62. The fourth-order valence-electron chi connectivity index (χ4n) is 4.33. The largest absolute Gasteiger partial charge is 0.367 e. The van der Waals surface area contributed by atoms with E-state index in [0.29, 0.717) is 13.2 Å². The highest BCUT2D eigenvalue weighted by atomic mass is 32.2. The Balaban J connectivity index is 1.41. The highest BCUT2D eigenvalue weighted by Gasteiger charge is 2.51. The lowest BCUT2D eigenvalue weighted by atomic mass is 9.98. The molecular weight excluding hydrogens is 460 g/mol. The molecular formula is C29H28O5S. The molecule has 3 aromatic carbocycles. The SMILES string of the molecule is C#CCO[C@@H]1[C@H](OCc2ccccc2)[C@@H](Sc2ccccc2)O[C@@H]2CO[C@@H](c3ccccc3)O[C@@H]12. The van der Waals surface area contributed by atoms with Gasteiger partial charge in [-0.2, -0.15) is 0 Å². The molecule has 0 aliphatic carbocycles. The number of hydrogen-bond donors (Lipinski definition) is 0. The molecule has 6 atom stereocenters. The quantitative estimate of drug-likeness (QED) is 0.405. The lowest BCUT2D eigenvalue weighted by molar-refractivity contribution is -0.327. The number of rotatable bonds is 8. The molecule has 6 heteroatoms. The molecule has 0 unspecified atom stereocenters. The van der Waals surface area contributed by atoms with Crippen LogP contribution in [0.5, 0.6) is 0 Å². The van der Waals surface area contributed by atoms with Gasteiger partial charge in [-0.1, -0.05) is 96.5 Å².